The molecule has 0 bridgehead atoms. The van der Waals surface area contributed by atoms with Gasteiger partial charge in [0.2, 0.25) is 0 Å². The van der Waals surface area contributed by atoms with Crippen molar-refractivity contribution in [2.75, 3.05) is 13.2 Å². The lowest BCUT2D eigenvalue weighted by Crippen LogP contribution is -2.46. The summed E-state index contributed by atoms with van der Waals surface area (Å²) in [6.07, 6.45) is 4.73. The summed E-state index contributed by atoms with van der Waals surface area (Å²) in [6, 6.07) is 0.627. The number of hydrogen-bond acceptors (Lipinski definition) is 2. The highest BCUT2D eigenvalue weighted by Crippen LogP contribution is 2.45. The highest BCUT2D eigenvalue weighted by atomic mass is 16.3. The van der Waals surface area contributed by atoms with Gasteiger partial charge in [-0.05, 0) is 41.9 Å². The van der Waals surface area contributed by atoms with Gasteiger partial charge in [0.25, 0.3) is 0 Å². The van der Waals surface area contributed by atoms with Crippen LogP contribution in [0.1, 0.15) is 67.2 Å². The minimum absolute atomic E-state index is 0.195. The predicted molar refractivity (Wildman–Crippen MR) is 78.7 cm³/mol. The molecular weight excluding hydrogens is 222 g/mol. The number of rotatable bonds is 5. The lowest BCUT2D eigenvalue weighted by Gasteiger charge is -2.46. The van der Waals surface area contributed by atoms with Crippen molar-refractivity contribution < 1.29 is 5.11 Å². The third kappa shape index (κ3) is 5.27. The molecule has 0 unspecified atom stereocenters. The molecule has 1 fully saturated rings. The van der Waals surface area contributed by atoms with Crippen molar-refractivity contribution in [2.45, 2.75) is 73.3 Å². The molecule has 1 saturated carbocycles. The molecule has 0 aromatic heterocycles. The number of aliphatic hydroxyl groups excluding tert-OH is 1. The zero-order valence-electron chi connectivity index (χ0n) is 13.3. The number of aliphatic hydroxyl groups is 1. The second-order valence-corrected chi connectivity index (χ2v) is 8.63. The number of hydrogen-bond donors (Lipinski definition) is 2. The Bertz CT molecular complexity index is 252. The second-order valence-electron chi connectivity index (χ2n) is 8.63. The Morgan fingerprint density at radius 2 is 1.61 bits per heavy atom. The van der Waals surface area contributed by atoms with E-state index in [2.05, 4.69) is 46.9 Å². The molecule has 0 spiro atoms. The molecule has 0 heterocycles. The first-order chi connectivity index (χ1) is 8.05. The van der Waals surface area contributed by atoms with E-state index in [1.165, 1.54) is 19.3 Å². The topological polar surface area (TPSA) is 32.3 Å². The fourth-order valence-corrected chi connectivity index (χ4v) is 3.80. The minimum atomic E-state index is 0.195. The molecule has 0 atom stereocenters. The summed E-state index contributed by atoms with van der Waals surface area (Å²) in [4.78, 5) is 0. The fourth-order valence-electron chi connectivity index (χ4n) is 3.80. The average Bonchev–Trinajstić information content (AvgIpc) is 2.10. The molecule has 2 N–H and O–H groups in total. The summed E-state index contributed by atoms with van der Waals surface area (Å²) >= 11 is 0. The molecule has 1 rings (SSSR count). The first-order valence-corrected chi connectivity index (χ1v) is 7.40. The van der Waals surface area contributed by atoms with Crippen molar-refractivity contribution in [3.63, 3.8) is 0 Å². The first kappa shape index (κ1) is 16.0. The van der Waals surface area contributed by atoms with E-state index in [4.69, 9.17) is 5.11 Å². The minimum Gasteiger partial charge on any atom is -0.396 e. The van der Waals surface area contributed by atoms with Crippen LogP contribution in [0.25, 0.3) is 0 Å². The van der Waals surface area contributed by atoms with E-state index < -0.39 is 0 Å². The monoisotopic (exact) mass is 255 g/mol. The Kier molecular flexibility index (Phi) is 4.88. The van der Waals surface area contributed by atoms with E-state index in [0.717, 1.165) is 13.0 Å². The van der Waals surface area contributed by atoms with Crippen LogP contribution < -0.4 is 5.32 Å². The van der Waals surface area contributed by atoms with Gasteiger partial charge in [0.1, 0.15) is 0 Å². The lowest BCUT2D eigenvalue weighted by atomic mass is 9.63. The van der Waals surface area contributed by atoms with E-state index in [-0.39, 0.29) is 12.0 Å². The molecule has 0 radical (unpaired) electrons. The zero-order chi connectivity index (χ0) is 14.0. The van der Waals surface area contributed by atoms with E-state index >= 15 is 0 Å². The van der Waals surface area contributed by atoms with Gasteiger partial charge in [-0.1, -0.05) is 41.5 Å². The summed E-state index contributed by atoms with van der Waals surface area (Å²) in [7, 11) is 0. The highest BCUT2D eigenvalue weighted by molar-refractivity contribution is 4.92. The van der Waals surface area contributed by atoms with E-state index in [0.29, 0.717) is 16.9 Å². The van der Waals surface area contributed by atoms with E-state index in [9.17, 15) is 0 Å². The molecular formula is C16H33NO. The van der Waals surface area contributed by atoms with Crippen molar-refractivity contribution in [1.29, 1.82) is 0 Å². The molecule has 1 aliphatic rings. The van der Waals surface area contributed by atoms with Gasteiger partial charge >= 0.3 is 0 Å². The summed E-state index contributed by atoms with van der Waals surface area (Å²) in [5.41, 5.74) is 1.08. The Morgan fingerprint density at radius 3 is 2.06 bits per heavy atom. The first-order valence-electron chi connectivity index (χ1n) is 7.40. The normalized spacial score (nSPS) is 24.2. The Balaban J connectivity index is 2.52. The van der Waals surface area contributed by atoms with Crippen LogP contribution in [0.4, 0.5) is 0 Å². The van der Waals surface area contributed by atoms with Gasteiger partial charge in [-0.25, -0.2) is 0 Å². The van der Waals surface area contributed by atoms with Crippen molar-refractivity contribution in [3.8, 4) is 0 Å². The van der Waals surface area contributed by atoms with Crippen molar-refractivity contribution in [2.24, 2.45) is 16.2 Å². The van der Waals surface area contributed by atoms with Crippen LogP contribution >= 0.6 is 0 Å². The van der Waals surface area contributed by atoms with Gasteiger partial charge in [0.05, 0.1) is 0 Å². The SMILES string of the molecule is CC(C)(CCO)CNC1CC(C)(C)CC(C)(C)C1. The van der Waals surface area contributed by atoms with Gasteiger partial charge in [0.15, 0.2) is 0 Å². The summed E-state index contributed by atoms with van der Waals surface area (Å²) in [5.74, 6) is 0. The average molecular weight is 255 g/mol. The Labute approximate surface area is 114 Å². The largest absolute Gasteiger partial charge is 0.396 e. The van der Waals surface area contributed by atoms with Crippen LogP contribution in [-0.2, 0) is 0 Å². The van der Waals surface area contributed by atoms with Crippen LogP contribution in [0.5, 0.6) is 0 Å². The van der Waals surface area contributed by atoms with Gasteiger partial charge in [-0.15, -0.1) is 0 Å². The Morgan fingerprint density at radius 1 is 1.11 bits per heavy atom. The molecule has 0 aromatic carbocycles. The van der Waals surface area contributed by atoms with E-state index in [1.807, 2.05) is 0 Å². The van der Waals surface area contributed by atoms with Crippen LogP contribution in [0.2, 0.25) is 0 Å². The van der Waals surface area contributed by atoms with Gasteiger partial charge in [-0.2, -0.15) is 0 Å². The van der Waals surface area contributed by atoms with Crippen LogP contribution in [0, 0.1) is 16.2 Å². The molecule has 0 amide bonds. The summed E-state index contributed by atoms with van der Waals surface area (Å²) < 4.78 is 0. The molecule has 18 heavy (non-hydrogen) atoms. The smallest absolute Gasteiger partial charge is 0.0436 e. The van der Waals surface area contributed by atoms with Crippen molar-refractivity contribution in [3.05, 3.63) is 0 Å². The van der Waals surface area contributed by atoms with Crippen LogP contribution in [0.15, 0.2) is 0 Å². The van der Waals surface area contributed by atoms with Gasteiger partial charge in [0, 0.05) is 19.2 Å². The van der Waals surface area contributed by atoms with Gasteiger partial charge < -0.3 is 10.4 Å². The Hall–Kier alpha value is -0.0800. The maximum Gasteiger partial charge on any atom is 0.0436 e. The quantitative estimate of drug-likeness (QED) is 0.787. The molecule has 2 nitrogen and oxygen atoms in total. The van der Waals surface area contributed by atoms with Crippen molar-refractivity contribution in [1.82, 2.24) is 5.32 Å². The highest BCUT2D eigenvalue weighted by Gasteiger charge is 2.38. The lowest BCUT2D eigenvalue weighted by molar-refractivity contribution is 0.0786. The standard InChI is InChI=1S/C16H33NO/c1-14(2,7-8-18)12-17-13-9-15(3,4)11-16(5,6)10-13/h13,17-18H,7-12H2,1-6H3. The molecule has 0 aromatic rings. The zero-order valence-corrected chi connectivity index (χ0v) is 13.3. The molecule has 108 valence electrons. The third-order valence-electron chi connectivity index (χ3n) is 4.21. The van der Waals surface area contributed by atoms with Crippen molar-refractivity contribution >= 4 is 0 Å². The van der Waals surface area contributed by atoms with Crippen LogP contribution in [-0.4, -0.2) is 24.3 Å². The van der Waals surface area contributed by atoms with Gasteiger partial charge in [-0.3, -0.25) is 0 Å². The molecule has 0 aliphatic heterocycles. The third-order valence-corrected chi connectivity index (χ3v) is 4.21. The summed E-state index contributed by atoms with van der Waals surface area (Å²) in [5, 5.41) is 12.8. The predicted octanol–water partition coefficient (Wildman–Crippen LogP) is 3.59. The van der Waals surface area contributed by atoms with Crippen LogP contribution in [0.3, 0.4) is 0 Å². The molecule has 1 aliphatic carbocycles. The molecule has 2 heteroatoms. The summed E-state index contributed by atoms with van der Waals surface area (Å²) in [6.45, 7) is 15.3. The molecule has 0 saturated heterocycles. The second kappa shape index (κ2) is 5.50. The number of nitrogens with one attached hydrogen (secondary N) is 1. The fraction of sp³-hybridized carbons (Fsp3) is 1.00. The van der Waals surface area contributed by atoms with E-state index in [1.54, 1.807) is 0 Å². The maximum atomic E-state index is 9.08. The maximum absolute atomic E-state index is 9.08.